The van der Waals surface area contributed by atoms with Gasteiger partial charge in [-0.05, 0) is 0 Å². The number of hydrogen-bond donors (Lipinski definition) is 0. The van der Waals surface area contributed by atoms with E-state index < -0.39 is 0 Å². The zero-order valence-electron chi connectivity index (χ0n) is 11.6. The molecule has 21 heavy (non-hydrogen) atoms. The lowest BCUT2D eigenvalue weighted by Crippen LogP contribution is -2.49. The molecule has 9 heteroatoms. The van der Waals surface area contributed by atoms with E-state index in [0.29, 0.717) is 13.1 Å². The molecular weight excluding hydrogens is 315 g/mol. The summed E-state index contributed by atoms with van der Waals surface area (Å²) < 4.78 is 1.73. The Hall–Kier alpha value is -1.60. The molecule has 1 saturated heterocycles. The number of piperazine rings is 1. The Morgan fingerprint density at radius 1 is 1.29 bits per heavy atom. The molecule has 0 atom stereocenters. The van der Waals surface area contributed by atoms with Crippen molar-refractivity contribution in [2.24, 2.45) is 7.05 Å². The Bertz CT molecular complexity index is 638. The molecule has 7 nitrogen and oxygen atoms in total. The Kier molecular flexibility index (Phi) is 4.84. The number of rotatable bonds is 2. The van der Waals surface area contributed by atoms with E-state index in [-0.39, 0.29) is 24.2 Å². The monoisotopic (exact) mass is 330 g/mol. The van der Waals surface area contributed by atoms with Gasteiger partial charge in [0.1, 0.15) is 18.0 Å². The molecule has 0 spiro atoms. The van der Waals surface area contributed by atoms with E-state index in [0.717, 1.165) is 29.9 Å². The zero-order chi connectivity index (χ0) is 14.1. The Morgan fingerprint density at radius 3 is 2.67 bits per heavy atom. The van der Waals surface area contributed by atoms with Gasteiger partial charge in [-0.1, -0.05) is 0 Å². The van der Waals surface area contributed by atoms with Gasteiger partial charge in [-0.2, -0.15) is 5.10 Å². The third kappa shape index (κ3) is 2.89. The molecule has 1 fully saturated rings. The second-order valence-electron chi connectivity index (χ2n) is 4.70. The largest absolute Gasteiger partial charge is 0.352 e. The molecule has 0 N–H and O–H groups in total. The van der Waals surface area contributed by atoms with Crippen LogP contribution in [0.15, 0.2) is 12.5 Å². The molecule has 2 aromatic rings. The maximum Gasteiger partial charge on any atom is 0.237 e. The number of alkyl halides is 1. The predicted molar refractivity (Wildman–Crippen MR) is 83.1 cm³/mol. The van der Waals surface area contributed by atoms with Gasteiger partial charge in [0.15, 0.2) is 5.65 Å². The van der Waals surface area contributed by atoms with Crippen LogP contribution in [0.5, 0.6) is 0 Å². The van der Waals surface area contributed by atoms with Gasteiger partial charge in [-0.3, -0.25) is 9.48 Å². The van der Waals surface area contributed by atoms with Crippen molar-refractivity contribution in [3.63, 3.8) is 0 Å². The summed E-state index contributed by atoms with van der Waals surface area (Å²) in [5.41, 5.74) is 0.814. The number of hydrogen-bond acceptors (Lipinski definition) is 5. The molecule has 0 saturated carbocycles. The molecule has 3 heterocycles. The Labute approximate surface area is 133 Å². The minimum absolute atomic E-state index is 0. The summed E-state index contributed by atoms with van der Waals surface area (Å²) in [6.07, 6.45) is 3.33. The van der Waals surface area contributed by atoms with E-state index in [9.17, 15) is 4.79 Å². The summed E-state index contributed by atoms with van der Waals surface area (Å²) in [7, 11) is 1.86. The van der Waals surface area contributed by atoms with Crippen LogP contribution in [0, 0.1) is 0 Å². The Balaban J connectivity index is 0.00000161. The third-order valence-corrected chi connectivity index (χ3v) is 3.78. The topological polar surface area (TPSA) is 67.2 Å². The zero-order valence-corrected chi connectivity index (χ0v) is 13.1. The van der Waals surface area contributed by atoms with Crippen molar-refractivity contribution in [2.45, 2.75) is 0 Å². The van der Waals surface area contributed by atoms with E-state index in [1.54, 1.807) is 22.1 Å². The van der Waals surface area contributed by atoms with Gasteiger partial charge in [0.2, 0.25) is 5.91 Å². The molecule has 1 amide bonds. The highest BCUT2D eigenvalue weighted by molar-refractivity contribution is 6.27. The van der Waals surface area contributed by atoms with E-state index in [4.69, 9.17) is 11.6 Å². The summed E-state index contributed by atoms with van der Waals surface area (Å²) >= 11 is 5.58. The van der Waals surface area contributed by atoms with Crippen LogP contribution in [-0.4, -0.2) is 62.6 Å². The van der Waals surface area contributed by atoms with Gasteiger partial charge in [-0.25, -0.2) is 9.97 Å². The minimum Gasteiger partial charge on any atom is -0.352 e. The number of carbonyl (C=O) groups excluding carboxylic acids is 1. The van der Waals surface area contributed by atoms with Gasteiger partial charge in [0.05, 0.1) is 11.6 Å². The van der Waals surface area contributed by atoms with Gasteiger partial charge >= 0.3 is 0 Å². The fourth-order valence-electron chi connectivity index (χ4n) is 2.45. The molecule has 0 aliphatic carbocycles. The molecule has 1 aliphatic rings. The van der Waals surface area contributed by atoms with Crippen molar-refractivity contribution in [3.8, 4) is 0 Å². The molecule has 2 aromatic heterocycles. The number of carbonyl (C=O) groups is 1. The van der Waals surface area contributed by atoms with Crippen molar-refractivity contribution >= 4 is 46.8 Å². The van der Waals surface area contributed by atoms with E-state index in [1.165, 1.54) is 0 Å². The molecule has 3 rings (SSSR count). The standard InChI is InChI=1S/C12H15ClN6O.ClH/c1-17-11-9(7-16-17)12(15-8-14-11)19-4-2-18(3-5-19)10(20)6-13;/h7-8H,2-6H2,1H3;1H. The lowest BCUT2D eigenvalue weighted by molar-refractivity contribution is -0.128. The summed E-state index contributed by atoms with van der Waals surface area (Å²) in [6, 6.07) is 0. The smallest absolute Gasteiger partial charge is 0.237 e. The van der Waals surface area contributed by atoms with Gasteiger partial charge in [0.25, 0.3) is 0 Å². The van der Waals surface area contributed by atoms with E-state index in [1.807, 2.05) is 7.05 Å². The highest BCUT2D eigenvalue weighted by atomic mass is 35.5. The lowest BCUT2D eigenvalue weighted by atomic mass is 10.3. The second kappa shape index (κ2) is 6.44. The van der Waals surface area contributed by atoms with Crippen LogP contribution in [0.1, 0.15) is 0 Å². The predicted octanol–water partition coefficient (Wildman–Crippen LogP) is 0.672. The first-order valence-electron chi connectivity index (χ1n) is 6.42. The number of aromatic nitrogens is 4. The first-order valence-corrected chi connectivity index (χ1v) is 6.95. The van der Waals surface area contributed by atoms with Crippen molar-refractivity contribution in [1.29, 1.82) is 0 Å². The average molecular weight is 331 g/mol. The van der Waals surface area contributed by atoms with Crippen molar-refractivity contribution in [2.75, 3.05) is 37.0 Å². The third-order valence-electron chi connectivity index (χ3n) is 3.55. The minimum atomic E-state index is -0.0134. The van der Waals surface area contributed by atoms with Crippen LogP contribution < -0.4 is 4.90 Å². The average Bonchev–Trinajstić information content (AvgIpc) is 2.88. The number of fused-ring (bicyclic) bond motifs is 1. The van der Waals surface area contributed by atoms with Crippen molar-refractivity contribution in [3.05, 3.63) is 12.5 Å². The number of nitrogens with zero attached hydrogens (tertiary/aromatic N) is 6. The van der Waals surface area contributed by atoms with Crippen LogP contribution >= 0.6 is 24.0 Å². The maximum atomic E-state index is 11.6. The number of amides is 1. The molecule has 0 unspecified atom stereocenters. The fraction of sp³-hybridized carbons (Fsp3) is 0.500. The second-order valence-corrected chi connectivity index (χ2v) is 4.97. The highest BCUT2D eigenvalue weighted by Gasteiger charge is 2.23. The summed E-state index contributed by atoms with van der Waals surface area (Å²) in [5.74, 6) is 0.905. The molecule has 0 aromatic carbocycles. The first kappa shape index (κ1) is 15.8. The quantitative estimate of drug-likeness (QED) is 0.757. The fourth-order valence-corrected chi connectivity index (χ4v) is 2.62. The first-order chi connectivity index (χ1) is 9.70. The number of aryl methyl sites for hydroxylation is 1. The van der Waals surface area contributed by atoms with Crippen LogP contribution in [0.2, 0.25) is 0 Å². The molecule has 1 aliphatic heterocycles. The lowest BCUT2D eigenvalue weighted by Gasteiger charge is -2.35. The SMILES string of the molecule is Cl.Cn1ncc2c(N3CCN(C(=O)CCl)CC3)ncnc21. The maximum absolute atomic E-state index is 11.6. The van der Waals surface area contributed by atoms with Crippen LogP contribution in [0.25, 0.3) is 11.0 Å². The number of halogens is 2. The summed E-state index contributed by atoms with van der Waals surface area (Å²) in [4.78, 5) is 24.1. The van der Waals surface area contributed by atoms with Crippen molar-refractivity contribution < 1.29 is 4.79 Å². The number of anilines is 1. The normalized spacial score (nSPS) is 15.1. The molecule has 0 radical (unpaired) electrons. The van der Waals surface area contributed by atoms with Crippen LogP contribution in [0.3, 0.4) is 0 Å². The van der Waals surface area contributed by atoms with Gasteiger partial charge in [-0.15, -0.1) is 24.0 Å². The van der Waals surface area contributed by atoms with Gasteiger partial charge < -0.3 is 9.80 Å². The van der Waals surface area contributed by atoms with Crippen LogP contribution in [-0.2, 0) is 11.8 Å². The molecule has 114 valence electrons. The van der Waals surface area contributed by atoms with E-state index in [2.05, 4.69) is 20.0 Å². The highest BCUT2D eigenvalue weighted by Crippen LogP contribution is 2.23. The van der Waals surface area contributed by atoms with Crippen LogP contribution in [0.4, 0.5) is 5.82 Å². The summed E-state index contributed by atoms with van der Waals surface area (Å²) in [6.45, 7) is 2.81. The Morgan fingerprint density at radius 2 is 2.00 bits per heavy atom. The molecular formula is C12H16Cl2N6O. The molecule has 0 bridgehead atoms. The van der Waals surface area contributed by atoms with E-state index >= 15 is 0 Å². The van der Waals surface area contributed by atoms with Gasteiger partial charge in [0, 0.05) is 33.2 Å². The summed E-state index contributed by atoms with van der Waals surface area (Å²) in [5, 5.41) is 5.15. The van der Waals surface area contributed by atoms with Crippen molar-refractivity contribution in [1.82, 2.24) is 24.6 Å².